The molecule has 0 aromatic heterocycles. The summed E-state index contributed by atoms with van der Waals surface area (Å²) >= 11 is 0. The van der Waals surface area contributed by atoms with Crippen LogP contribution in [0.4, 0.5) is 0 Å². The summed E-state index contributed by atoms with van der Waals surface area (Å²) in [6.07, 6.45) is 3.97. The van der Waals surface area contributed by atoms with Crippen LogP contribution in [0.25, 0.3) is 0 Å². The molecule has 0 bridgehead atoms. The summed E-state index contributed by atoms with van der Waals surface area (Å²) in [5.41, 5.74) is 5.21. The highest BCUT2D eigenvalue weighted by molar-refractivity contribution is 4.86. The lowest BCUT2D eigenvalue weighted by Crippen LogP contribution is -2.52. The van der Waals surface area contributed by atoms with Crippen LogP contribution in [-0.4, -0.2) is 25.4 Å². The maximum Gasteiger partial charge on any atom is 0.119 e. The minimum absolute atomic E-state index is 0.262. The van der Waals surface area contributed by atoms with E-state index < -0.39 is 5.54 Å². The molecule has 0 atom stereocenters. The van der Waals surface area contributed by atoms with E-state index in [9.17, 15) is 0 Å². The van der Waals surface area contributed by atoms with Gasteiger partial charge in [0.15, 0.2) is 0 Å². The fourth-order valence-corrected chi connectivity index (χ4v) is 0.800. The van der Waals surface area contributed by atoms with Crippen molar-refractivity contribution in [2.24, 2.45) is 5.73 Å². The monoisotopic (exact) mass is 199 g/mol. The maximum absolute atomic E-state index is 5.94. The van der Waals surface area contributed by atoms with Crippen molar-refractivity contribution in [1.29, 1.82) is 0 Å². The molecule has 0 heterocycles. The van der Waals surface area contributed by atoms with E-state index in [4.69, 9.17) is 19.9 Å². The Labute approximate surface area is 84.6 Å². The zero-order valence-corrected chi connectivity index (χ0v) is 8.28. The van der Waals surface area contributed by atoms with Crippen LogP contribution in [0.5, 0.6) is 0 Å². The third-order valence-corrected chi connectivity index (χ3v) is 1.47. The second kappa shape index (κ2) is 7.03. The molecular weight excluding hydrogens is 182 g/mol. The van der Waals surface area contributed by atoms with Crippen LogP contribution in [0, 0.1) is 0 Å². The molecule has 4 heteroatoms. The average Bonchev–Trinajstić information content (AvgIpc) is 2.21. The normalized spacial score (nSPS) is 10.1. The summed E-state index contributed by atoms with van der Waals surface area (Å²) in [5.74, 6) is 0. The van der Waals surface area contributed by atoms with Gasteiger partial charge in [0.2, 0.25) is 0 Å². The van der Waals surface area contributed by atoms with E-state index in [2.05, 4.69) is 19.7 Å². The molecule has 4 nitrogen and oxygen atoms in total. The first kappa shape index (κ1) is 12.6. The standard InChI is InChI=1S/C10H17NO3/c1-4-12-7-10(11,8-13-5-2)9-14-6-3/h4-6H,1-3,7-9,11H2. The Bertz CT molecular complexity index is 161. The van der Waals surface area contributed by atoms with Crippen molar-refractivity contribution < 1.29 is 14.2 Å². The van der Waals surface area contributed by atoms with E-state index in [1.165, 1.54) is 18.8 Å². The van der Waals surface area contributed by atoms with Crippen molar-refractivity contribution in [1.82, 2.24) is 0 Å². The van der Waals surface area contributed by atoms with Crippen molar-refractivity contribution in [2.75, 3.05) is 19.8 Å². The topological polar surface area (TPSA) is 53.7 Å². The van der Waals surface area contributed by atoms with Gasteiger partial charge in [-0.2, -0.15) is 0 Å². The van der Waals surface area contributed by atoms with Gasteiger partial charge in [-0.3, -0.25) is 0 Å². The first-order chi connectivity index (χ1) is 6.68. The molecule has 0 saturated heterocycles. The quantitative estimate of drug-likeness (QED) is 0.566. The van der Waals surface area contributed by atoms with Gasteiger partial charge in [0.25, 0.3) is 0 Å². The molecule has 0 aromatic rings. The lowest BCUT2D eigenvalue weighted by Gasteiger charge is -2.26. The van der Waals surface area contributed by atoms with Gasteiger partial charge in [-0.1, -0.05) is 19.7 Å². The van der Waals surface area contributed by atoms with Crippen LogP contribution < -0.4 is 5.73 Å². The first-order valence-corrected chi connectivity index (χ1v) is 4.15. The van der Waals surface area contributed by atoms with Crippen LogP contribution in [0.3, 0.4) is 0 Å². The Kier molecular flexibility index (Phi) is 6.32. The van der Waals surface area contributed by atoms with Crippen LogP contribution >= 0.6 is 0 Å². The number of rotatable bonds is 9. The van der Waals surface area contributed by atoms with Crippen molar-refractivity contribution in [3.05, 3.63) is 38.5 Å². The van der Waals surface area contributed by atoms with Crippen molar-refractivity contribution in [3.63, 3.8) is 0 Å². The van der Waals surface area contributed by atoms with E-state index in [-0.39, 0.29) is 19.8 Å². The Morgan fingerprint density at radius 2 is 1.14 bits per heavy atom. The van der Waals surface area contributed by atoms with Crippen LogP contribution in [0.2, 0.25) is 0 Å². The molecule has 0 spiro atoms. The number of hydrogen-bond donors (Lipinski definition) is 1. The molecule has 2 N–H and O–H groups in total. The van der Waals surface area contributed by atoms with Crippen LogP contribution in [0.1, 0.15) is 0 Å². The minimum atomic E-state index is -0.726. The molecule has 0 radical (unpaired) electrons. The van der Waals surface area contributed by atoms with Gasteiger partial charge in [-0.25, -0.2) is 0 Å². The molecule has 0 saturated carbocycles. The van der Waals surface area contributed by atoms with Gasteiger partial charge in [0.05, 0.1) is 18.8 Å². The lowest BCUT2D eigenvalue weighted by atomic mass is 10.1. The Morgan fingerprint density at radius 1 is 0.857 bits per heavy atom. The SMILES string of the molecule is C=COCC(N)(COC=C)COC=C. The fourth-order valence-electron chi connectivity index (χ4n) is 0.800. The highest BCUT2D eigenvalue weighted by Crippen LogP contribution is 2.04. The zero-order chi connectivity index (χ0) is 10.9. The maximum atomic E-state index is 5.94. The van der Waals surface area contributed by atoms with Crippen molar-refractivity contribution in [3.8, 4) is 0 Å². The molecule has 0 fully saturated rings. The Balaban J connectivity index is 4.07. The summed E-state index contributed by atoms with van der Waals surface area (Å²) in [6.45, 7) is 11.1. The molecule has 0 aliphatic carbocycles. The van der Waals surface area contributed by atoms with Gasteiger partial charge in [0, 0.05) is 0 Å². The lowest BCUT2D eigenvalue weighted by molar-refractivity contribution is 0.0494. The van der Waals surface area contributed by atoms with E-state index in [1.54, 1.807) is 0 Å². The molecule has 0 aliphatic heterocycles. The molecule has 0 aliphatic rings. The predicted molar refractivity (Wildman–Crippen MR) is 55.4 cm³/mol. The molecule has 0 aromatic carbocycles. The summed E-state index contributed by atoms with van der Waals surface area (Å²) in [4.78, 5) is 0. The molecule has 80 valence electrons. The zero-order valence-electron chi connectivity index (χ0n) is 8.28. The van der Waals surface area contributed by atoms with E-state index >= 15 is 0 Å². The highest BCUT2D eigenvalue weighted by Gasteiger charge is 2.27. The van der Waals surface area contributed by atoms with Crippen LogP contribution in [-0.2, 0) is 14.2 Å². The number of ether oxygens (including phenoxy) is 3. The average molecular weight is 199 g/mol. The van der Waals surface area contributed by atoms with Crippen molar-refractivity contribution in [2.45, 2.75) is 5.54 Å². The smallest absolute Gasteiger partial charge is 0.119 e. The van der Waals surface area contributed by atoms with E-state index in [1.807, 2.05) is 0 Å². The van der Waals surface area contributed by atoms with Crippen molar-refractivity contribution >= 4 is 0 Å². The number of nitrogens with two attached hydrogens (primary N) is 1. The van der Waals surface area contributed by atoms with Gasteiger partial charge in [-0.05, 0) is 0 Å². The number of hydrogen-bond acceptors (Lipinski definition) is 4. The second-order valence-corrected chi connectivity index (χ2v) is 2.80. The van der Waals surface area contributed by atoms with Gasteiger partial charge < -0.3 is 19.9 Å². The van der Waals surface area contributed by atoms with E-state index in [0.29, 0.717) is 0 Å². The highest BCUT2D eigenvalue weighted by atomic mass is 16.5. The van der Waals surface area contributed by atoms with Crippen LogP contribution in [0.15, 0.2) is 38.5 Å². The molecule has 0 unspecified atom stereocenters. The molecule has 0 amide bonds. The second-order valence-electron chi connectivity index (χ2n) is 2.80. The molecule has 14 heavy (non-hydrogen) atoms. The van der Waals surface area contributed by atoms with Gasteiger partial charge in [0.1, 0.15) is 25.4 Å². The summed E-state index contributed by atoms with van der Waals surface area (Å²) < 4.78 is 15.0. The Morgan fingerprint density at radius 3 is 1.36 bits per heavy atom. The van der Waals surface area contributed by atoms with Gasteiger partial charge >= 0.3 is 0 Å². The third kappa shape index (κ3) is 5.27. The Hall–Kier alpha value is -1.42. The minimum Gasteiger partial charge on any atom is -0.500 e. The van der Waals surface area contributed by atoms with E-state index in [0.717, 1.165) is 0 Å². The largest absolute Gasteiger partial charge is 0.500 e. The summed E-state index contributed by atoms with van der Waals surface area (Å²) in [6, 6.07) is 0. The summed E-state index contributed by atoms with van der Waals surface area (Å²) in [7, 11) is 0. The molecular formula is C10H17NO3. The fraction of sp³-hybridized carbons (Fsp3) is 0.400. The first-order valence-electron chi connectivity index (χ1n) is 4.15. The third-order valence-electron chi connectivity index (χ3n) is 1.47. The predicted octanol–water partition coefficient (Wildman–Crippen LogP) is 1.16. The molecule has 0 rings (SSSR count). The van der Waals surface area contributed by atoms with Gasteiger partial charge in [-0.15, -0.1) is 0 Å². The summed E-state index contributed by atoms with van der Waals surface area (Å²) in [5, 5.41) is 0.